The average Bonchev–Trinajstić information content (AvgIpc) is 3.04. The van der Waals surface area contributed by atoms with Gasteiger partial charge in [-0.2, -0.15) is 0 Å². The Morgan fingerprint density at radius 1 is 1.11 bits per heavy atom. The topological polar surface area (TPSA) is 94.3 Å². The number of hydrogen-bond donors (Lipinski definition) is 3. The van der Waals surface area contributed by atoms with E-state index >= 15 is 0 Å². The standard InChI is InChI=1S/C20H24N4O3.ClH/c25-18(24-7-5-13-9-21-10-14(13)6-8-24)12-23-20(27)16-11-22-17-4-2-1-3-15(17)19(16)26;/h1-4,11,13-14,21H,5-10,12H2,(H,22,26)(H,23,27);1H/t13-,14+;. The minimum absolute atomic E-state index is 0. The van der Waals surface area contributed by atoms with Crippen LogP contribution in [0.3, 0.4) is 0 Å². The normalized spacial score (nSPS) is 21.5. The van der Waals surface area contributed by atoms with Crippen molar-refractivity contribution < 1.29 is 9.59 Å². The largest absolute Gasteiger partial charge is 0.360 e. The summed E-state index contributed by atoms with van der Waals surface area (Å²) in [6.07, 6.45) is 3.41. The first-order chi connectivity index (χ1) is 13.1. The van der Waals surface area contributed by atoms with Crippen LogP contribution in [-0.4, -0.2) is 54.4 Å². The van der Waals surface area contributed by atoms with E-state index < -0.39 is 5.91 Å². The molecule has 2 aliphatic heterocycles. The number of para-hydroxylation sites is 1. The number of fused-ring (bicyclic) bond motifs is 2. The predicted octanol–water partition coefficient (Wildman–Crippen LogP) is 1.14. The highest BCUT2D eigenvalue weighted by atomic mass is 35.5. The van der Waals surface area contributed by atoms with Crippen molar-refractivity contribution in [2.24, 2.45) is 11.8 Å². The Bertz CT molecular complexity index is 915. The van der Waals surface area contributed by atoms with Crippen molar-refractivity contribution in [1.29, 1.82) is 0 Å². The Kier molecular flexibility index (Phi) is 6.36. The summed E-state index contributed by atoms with van der Waals surface area (Å²) in [4.78, 5) is 42.2. The van der Waals surface area contributed by atoms with Crippen LogP contribution in [0.25, 0.3) is 10.9 Å². The second-order valence-corrected chi connectivity index (χ2v) is 7.40. The monoisotopic (exact) mass is 404 g/mol. The molecule has 7 nitrogen and oxygen atoms in total. The van der Waals surface area contributed by atoms with Crippen molar-refractivity contribution in [3.63, 3.8) is 0 Å². The van der Waals surface area contributed by atoms with Crippen molar-refractivity contribution in [1.82, 2.24) is 20.5 Å². The summed E-state index contributed by atoms with van der Waals surface area (Å²) in [6, 6.07) is 7.04. The van der Waals surface area contributed by atoms with Gasteiger partial charge in [-0.1, -0.05) is 12.1 Å². The highest BCUT2D eigenvalue weighted by Gasteiger charge is 2.31. The molecule has 1 aromatic carbocycles. The van der Waals surface area contributed by atoms with Gasteiger partial charge in [-0.15, -0.1) is 12.4 Å². The molecule has 3 heterocycles. The SMILES string of the molecule is Cl.O=C(NCC(=O)N1CC[C@@H]2CNC[C@@H]2CC1)c1c[nH]c2ccccc2c1=O. The van der Waals surface area contributed by atoms with E-state index in [1.54, 1.807) is 18.2 Å². The first-order valence-electron chi connectivity index (χ1n) is 9.50. The average molecular weight is 405 g/mol. The van der Waals surface area contributed by atoms with Gasteiger partial charge in [-0.25, -0.2) is 0 Å². The highest BCUT2D eigenvalue weighted by molar-refractivity contribution is 5.98. The number of likely N-dealkylation sites (tertiary alicyclic amines) is 1. The zero-order chi connectivity index (χ0) is 18.8. The Morgan fingerprint density at radius 3 is 2.50 bits per heavy atom. The molecular weight excluding hydrogens is 380 g/mol. The van der Waals surface area contributed by atoms with Gasteiger partial charge in [0.15, 0.2) is 0 Å². The van der Waals surface area contributed by atoms with Crippen LogP contribution in [0, 0.1) is 11.8 Å². The van der Waals surface area contributed by atoms with Crippen LogP contribution in [0.4, 0.5) is 0 Å². The number of pyridine rings is 1. The summed E-state index contributed by atoms with van der Waals surface area (Å²) in [5.41, 5.74) is 0.377. The maximum Gasteiger partial charge on any atom is 0.257 e. The smallest absolute Gasteiger partial charge is 0.257 e. The molecule has 2 aliphatic rings. The van der Waals surface area contributed by atoms with E-state index in [2.05, 4.69) is 15.6 Å². The van der Waals surface area contributed by atoms with Crippen molar-refractivity contribution >= 4 is 35.1 Å². The van der Waals surface area contributed by atoms with E-state index in [4.69, 9.17) is 0 Å². The molecule has 4 rings (SSSR count). The van der Waals surface area contributed by atoms with Gasteiger partial charge in [0.05, 0.1) is 6.54 Å². The van der Waals surface area contributed by atoms with E-state index in [-0.39, 0.29) is 35.9 Å². The van der Waals surface area contributed by atoms with E-state index in [1.165, 1.54) is 6.20 Å². The number of benzene rings is 1. The Labute approximate surface area is 169 Å². The van der Waals surface area contributed by atoms with Crippen LogP contribution in [0.5, 0.6) is 0 Å². The number of halogens is 1. The van der Waals surface area contributed by atoms with Crippen molar-refractivity contribution in [2.75, 3.05) is 32.7 Å². The molecule has 3 N–H and O–H groups in total. The summed E-state index contributed by atoms with van der Waals surface area (Å²) in [5, 5.41) is 6.49. The number of nitrogens with zero attached hydrogens (tertiary/aromatic N) is 1. The lowest BCUT2D eigenvalue weighted by Gasteiger charge is -2.21. The summed E-state index contributed by atoms with van der Waals surface area (Å²) < 4.78 is 0. The fourth-order valence-electron chi connectivity index (χ4n) is 4.17. The maximum atomic E-state index is 12.5. The van der Waals surface area contributed by atoms with Crippen LogP contribution in [-0.2, 0) is 4.79 Å². The number of rotatable bonds is 3. The number of carbonyl (C=O) groups is 2. The third-order valence-corrected chi connectivity index (χ3v) is 5.81. The minimum Gasteiger partial charge on any atom is -0.360 e. The molecule has 2 aromatic rings. The molecule has 0 radical (unpaired) electrons. The van der Waals surface area contributed by atoms with E-state index in [9.17, 15) is 14.4 Å². The molecule has 150 valence electrons. The second-order valence-electron chi connectivity index (χ2n) is 7.40. The van der Waals surface area contributed by atoms with Crippen molar-refractivity contribution in [3.8, 4) is 0 Å². The van der Waals surface area contributed by atoms with Crippen LogP contribution in [0.2, 0.25) is 0 Å². The van der Waals surface area contributed by atoms with Crippen molar-refractivity contribution in [3.05, 3.63) is 46.2 Å². The van der Waals surface area contributed by atoms with Crippen LogP contribution >= 0.6 is 12.4 Å². The lowest BCUT2D eigenvalue weighted by atomic mass is 9.92. The first-order valence-corrected chi connectivity index (χ1v) is 9.50. The summed E-state index contributed by atoms with van der Waals surface area (Å²) in [5.74, 6) is 0.682. The third kappa shape index (κ3) is 4.05. The first kappa shape index (κ1) is 20.4. The van der Waals surface area contributed by atoms with Gasteiger partial charge in [0, 0.05) is 30.2 Å². The molecule has 0 unspecified atom stereocenters. The molecule has 2 atom stereocenters. The van der Waals surface area contributed by atoms with Crippen LogP contribution < -0.4 is 16.1 Å². The number of hydrogen-bond acceptors (Lipinski definition) is 4. The molecule has 0 saturated carbocycles. The van der Waals surface area contributed by atoms with Gasteiger partial charge in [-0.3, -0.25) is 14.4 Å². The zero-order valence-corrected chi connectivity index (χ0v) is 16.4. The van der Waals surface area contributed by atoms with Gasteiger partial charge in [-0.05, 0) is 49.9 Å². The van der Waals surface area contributed by atoms with Gasteiger partial charge in [0.2, 0.25) is 11.3 Å². The quantitative estimate of drug-likeness (QED) is 0.715. The van der Waals surface area contributed by atoms with E-state index in [0.29, 0.717) is 22.7 Å². The number of amides is 2. The maximum absolute atomic E-state index is 12.5. The number of carbonyl (C=O) groups excluding carboxylic acids is 2. The Balaban J connectivity index is 0.00000225. The van der Waals surface area contributed by atoms with Gasteiger partial charge >= 0.3 is 0 Å². The lowest BCUT2D eigenvalue weighted by Crippen LogP contribution is -2.41. The molecule has 28 heavy (non-hydrogen) atoms. The zero-order valence-electron chi connectivity index (χ0n) is 15.6. The number of aromatic amines is 1. The van der Waals surface area contributed by atoms with Crippen molar-refractivity contribution in [2.45, 2.75) is 12.8 Å². The Morgan fingerprint density at radius 2 is 1.79 bits per heavy atom. The lowest BCUT2D eigenvalue weighted by molar-refractivity contribution is -0.130. The third-order valence-electron chi connectivity index (χ3n) is 5.81. The van der Waals surface area contributed by atoms with Gasteiger partial charge in [0.1, 0.15) is 5.56 Å². The number of H-pyrrole nitrogens is 1. The second kappa shape index (κ2) is 8.75. The highest BCUT2D eigenvalue weighted by Crippen LogP contribution is 2.26. The van der Waals surface area contributed by atoms with Crippen LogP contribution in [0.1, 0.15) is 23.2 Å². The fourth-order valence-corrected chi connectivity index (χ4v) is 4.17. The van der Waals surface area contributed by atoms with Gasteiger partial charge in [0.25, 0.3) is 5.91 Å². The minimum atomic E-state index is -0.522. The molecule has 2 fully saturated rings. The van der Waals surface area contributed by atoms with E-state index in [0.717, 1.165) is 39.0 Å². The summed E-state index contributed by atoms with van der Waals surface area (Å²) in [7, 11) is 0. The molecule has 8 heteroatoms. The molecule has 2 amide bonds. The summed E-state index contributed by atoms with van der Waals surface area (Å²) in [6.45, 7) is 3.45. The molecule has 0 spiro atoms. The summed E-state index contributed by atoms with van der Waals surface area (Å²) >= 11 is 0. The number of nitrogens with one attached hydrogen (secondary N) is 3. The van der Waals surface area contributed by atoms with Crippen LogP contribution in [0.15, 0.2) is 35.3 Å². The molecular formula is C20H25ClN4O3. The predicted molar refractivity (Wildman–Crippen MR) is 110 cm³/mol. The molecule has 0 aliphatic carbocycles. The Hall–Kier alpha value is -2.38. The molecule has 0 bridgehead atoms. The van der Waals surface area contributed by atoms with E-state index in [1.807, 2.05) is 11.0 Å². The fraction of sp³-hybridized carbons (Fsp3) is 0.450. The molecule has 1 aromatic heterocycles. The van der Waals surface area contributed by atoms with Gasteiger partial charge < -0.3 is 20.5 Å². The molecule has 2 saturated heterocycles. The number of aromatic nitrogens is 1.